The van der Waals surface area contributed by atoms with Crippen LogP contribution in [0.2, 0.25) is 0 Å². The highest BCUT2D eigenvalue weighted by Gasteiger charge is 2.14. The van der Waals surface area contributed by atoms with Gasteiger partial charge in [0.15, 0.2) is 0 Å². The van der Waals surface area contributed by atoms with E-state index in [1.54, 1.807) is 0 Å². The van der Waals surface area contributed by atoms with Crippen molar-refractivity contribution in [2.45, 2.75) is 38.5 Å². The Labute approximate surface area is 97.9 Å². The third-order valence-electron chi connectivity index (χ3n) is 3.08. The van der Waals surface area contributed by atoms with Crippen LogP contribution in [0.15, 0.2) is 0 Å². The van der Waals surface area contributed by atoms with Crippen molar-refractivity contribution < 1.29 is 9.53 Å². The fourth-order valence-electron chi connectivity index (χ4n) is 2.22. The summed E-state index contributed by atoms with van der Waals surface area (Å²) < 4.78 is 5.04. The molecule has 16 heavy (non-hydrogen) atoms. The first-order chi connectivity index (χ1) is 7.83. The fourth-order valence-corrected chi connectivity index (χ4v) is 2.22. The van der Waals surface area contributed by atoms with Gasteiger partial charge in [-0.25, -0.2) is 0 Å². The number of carbonyl (C=O) groups is 1. The summed E-state index contributed by atoms with van der Waals surface area (Å²) in [6.45, 7) is 1.84. The van der Waals surface area contributed by atoms with Gasteiger partial charge < -0.3 is 15.8 Å². The normalized spacial score (nSPS) is 16.6. The Balaban J connectivity index is 1.87. The summed E-state index contributed by atoms with van der Waals surface area (Å²) in [4.78, 5) is 11.2. The maximum absolute atomic E-state index is 11.2. The van der Waals surface area contributed by atoms with Crippen LogP contribution in [0.1, 0.15) is 38.5 Å². The lowest BCUT2D eigenvalue weighted by molar-refractivity contribution is -0.125. The van der Waals surface area contributed by atoms with Gasteiger partial charge in [-0.3, -0.25) is 4.79 Å². The molecule has 0 atom stereocenters. The molecule has 0 saturated heterocycles. The second-order valence-corrected chi connectivity index (χ2v) is 4.48. The highest BCUT2D eigenvalue weighted by atomic mass is 16.5. The number of hydrogen-bond donors (Lipinski definition) is 2. The number of rotatable bonds is 8. The molecule has 0 heterocycles. The molecule has 3 N–H and O–H groups in total. The zero-order chi connectivity index (χ0) is 11.6. The lowest BCUT2D eigenvalue weighted by atomic mass is 10.0. The Kier molecular flexibility index (Phi) is 7.17. The van der Waals surface area contributed by atoms with Crippen molar-refractivity contribution in [3.63, 3.8) is 0 Å². The van der Waals surface area contributed by atoms with Crippen molar-refractivity contribution in [3.8, 4) is 0 Å². The molecular formula is C12H24N2O2. The number of hydrogen-bond acceptors (Lipinski definition) is 3. The summed E-state index contributed by atoms with van der Waals surface area (Å²) in [7, 11) is 0. The Bertz CT molecular complexity index is 191. The van der Waals surface area contributed by atoms with Gasteiger partial charge in [0.05, 0.1) is 6.61 Å². The van der Waals surface area contributed by atoms with Crippen molar-refractivity contribution in [1.29, 1.82) is 0 Å². The quantitative estimate of drug-likeness (QED) is 0.610. The van der Waals surface area contributed by atoms with Gasteiger partial charge in [-0.05, 0) is 18.8 Å². The highest BCUT2D eigenvalue weighted by molar-refractivity contribution is 5.77. The lowest BCUT2D eigenvalue weighted by Crippen LogP contribution is -2.29. The predicted molar refractivity (Wildman–Crippen MR) is 64.1 cm³/mol. The minimum atomic E-state index is -0.0279. The van der Waals surface area contributed by atoms with Crippen molar-refractivity contribution in [1.82, 2.24) is 5.32 Å². The average molecular weight is 228 g/mol. The molecule has 1 rings (SSSR count). The van der Waals surface area contributed by atoms with Crippen molar-refractivity contribution in [2.75, 3.05) is 26.3 Å². The highest BCUT2D eigenvalue weighted by Crippen LogP contribution is 2.28. The van der Waals surface area contributed by atoms with Gasteiger partial charge in [0.1, 0.15) is 6.61 Å². The van der Waals surface area contributed by atoms with Gasteiger partial charge in [-0.1, -0.05) is 25.7 Å². The number of ether oxygens (including phenoxy) is 1. The molecule has 1 aliphatic carbocycles. The van der Waals surface area contributed by atoms with Crippen molar-refractivity contribution in [3.05, 3.63) is 0 Å². The maximum Gasteiger partial charge on any atom is 0.245 e. The second-order valence-electron chi connectivity index (χ2n) is 4.48. The summed E-state index contributed by atoms with van der Waals surface area (Å²) in [6, 6.07) is 0. The van der Waals surface area contributed by atoms with E-state index in [-0.39, 0.29) is 12.5 Å². The molecule has 0 radical (unpaired) electrons. The summed E-state index contributed by atoms with van der Waals surface area (Å²) in [6.07, 6.45) is 7.90. The van der Waals surface area contributed by atoms with Crippen LogP contribution in [0.5, 0.6) is 0 Å². The van der Waals surface area contributed by atoms with Gasteiger partial charge in [0, 0.05) is 13.1 Å². The molecule has 0 aromatic carbocycles. The minimum absolute atomic E-state index is 0.0279. The first kappa shape index (κ1) is 13.5. The first-order valence-electron chi connectivity index (χ1n) is 6.37. The first-order valence-corrected chi connectivity index (χ1v) is 6.37. The predicted octanol–water partition coefficient (Wildman–Crippen LogP) is 1.05. The van der Waals surface area contributed by atoms with Gasteiger partial charge >= 0.3 is 0 Å². The van der Waals surface area contributed by atoms with Crippen molar-refractivity contribution in [2.24, 2.45) is 11.7 Å². The van der Waals surface area contributed by atoms with Crippen LogP contribution in [0.25, 0.3) is 0 Å². The Morgan fingerprint density at radius 3 is 2.81 bits per heavy atom. The summed E-state index contributed by atoms with van der Waals surface area (Å²) in [5, 5.41) is 2.86. The molecule has 1 fully saturated rings. The number of carbonyl (C=O) groups excluding carboxylic acids is 1. The van der Waals surface area contributed by atoms with E-state index >= 15 is 0 Å². The molecule has 1 aliphatic rings. The molecule has 0 bridgehead atoms. The largest absolute Gasteiger partial charge is 0.370 e. The molecule has 1 saturated carbocycles. The van der Waals surface area contributed by atoms with E-state index in [1.807, 2.05) is 0 Å². The molecule has 0 spiro atoms. The van der Waals surface area contributed by atoms with E-state index in [2.05, 4.69) is 5.32 Å². The van der Waals surface area contributed by atoms with E-state index in [0.717, 1.165) is 18.9 Å². The zero-order valence-electron chi connectivity index (χ0n) is 10.0. The van der Waals surface area contributed by atoms with Gasteiger partial charge in [0.2, 0.25) is 5.91 Å². The second kappa shape index (κ2) is 8.53. The van der Waals surface area contributed by atoms with E-state index < -0.39 is 0 Å². The Hall–Kier alpha value is -0.610. The van der Waals surface area contributed by atoms with Gasteiger partial charge in [-0.15, -0.1) is 0 Å². The minimum Gasteiger partial charge on any atom is -0.370 e. The van der Waals surface area contributed by atoms with Crippen LogP contribution in [0, 0.1) is 5.92 Å². The Morgan fingerprint density at radius 1 is 1.38 bits per heavy atom. The summed E-state index contributed by atoms with van der Waals surface area (Å²) in [5.74, 6) is 0.880. The number of nitrogens with one attached hydrogen (secondary N) is 1. The molecule has 0 aromatic rings. The third kappa shape index (κ3) is 6.08. The van der Waals surface area contributed by atoms with Crippen LogP contribution in [0.3, 0.4) is 0 Å². The molecule has 1 amide bonds. The molecule has 0 aliphatic heterocycles. The molecular weight excluding hydrogens is 204 g/mol. The lowest BCUT2D eigenvalue weighted by Gasteiger charge is -2.09. The molecule has 94 valence electrons. The van der Waals surface area contributed by atoms with Gasteiger partial charge in [0.25, 0.3) is 0 Å². The zero-order valence-corrected chi connectivity index (χ0v) is 10.0. The molecule has 4 heteroatoms. The number of amides is 1. The fraction of sp³-hybridized carbons (Fsp3) is 0.917. The molecule has 4 nitrogen and oxygen atoms in total. The van der Waals surface area contributed by atoms with Crippen LogP contribution in [-0.2, 0) is 9.53 Å². The van der Waals surface area contributed by atoms with E-state index in [1.165, 1.54) is 32.1 Å². The van der Waals surface area contributed by atoms with Crippen molar-refractivity contribution >= 4 is 5.91 Å². The smallest absolute Gasteiger partial charge is 0.245 e. The standard InChI is InChI=1S/C12H24N2O2/c13-7-9-16-10-12(15)14-8-3-6-11-4-1-2-5-11/h11H,1-10,13H2,(H,14,15). The average Bonchev–Trinajstić information content (AvgIpc) is 2.78. The topological polar surface area (TPSA) is 64.3 Å². The maximum atomic E-state index is 11.2. The van der Waals surface area contributed by atoms with Crippen LogP contribution < -0.4 is 11.1 Å². The van der Waals surface area contributed by atoms with Crippen LogP contribution >= 0.6 is 0 Å². The Morgan fingerprint density at radius 2 is 2.12 bits per heavy atom. The number of nitrogens with two attached hydrogens (primary N) is 1. The summed E-state index contributed by atoms with van der Waals surface area (Å²) in [5.41, 5.74) is 5.25. The van der Waals surface area contributed by atoms with E-state index in [0.29, 0.717) is 13.2 Å². The van der Waals surface area contributed by atoms with E-state index in [4.69, 9.17) is 10.5 Å². The molecule has 0 aromatic heterocycles. The van der Waals surface area contributed by atoms with Crippen LogP contribution in [0.4, 0.5) is 0 Å². The monoisotopic (exact) mass is 228 g/mol. The molecule has 0 unspecified atom stereocenters. The SMILES string of the molecule is NCCOCC(=O)NCCCC1CCCC1. The van der Waals surface area contributed by atoms with E-state index in [9.17, 15) is 4.79 Å². The van der Waals surface area contributed by atoms with Gasteiger partial charge in [-0.2, -0.15) is 0 Å². The summed E-state index contributed by atoms with van der Waals surface area (Å²) >= 11 is 0. The van der Waals surface area contributed by atoms with Crippen LogP contribution in [-0.4, -0.2) is 32.2 Å². The third-order valence-corrected chi connectivity index (χ3v) is 3.08.